The summed E-state index contributed by atoms with van der Waals surface area (Å²) in [6.07, 6.45) is 6.27. The maximum atomic E-state index is 13.2. The molecule has 1 aliphatic rings. The average Bonchev–Trinajstić information content (AvgIpc) is 2.94. The van der Waals surface area contributed by atoms with Crippen molar-refractivity contribution in [1.29, 1.82) is 0 Å². The van der Waals surface area contributed by atoms with Crippen molar-refractivity contribution < 1.29 is 14.1 Å². The van der Waals surface area contributed by atoms with E-state index in [1.54, 1.807) is 11.8 Å². The van der Waals surface area contributed by atoms with Gasteiger partial charge in [0.2, 0.25) is 0 Å². The molecule has 7 heteroatoms. The summed E-state index contributed by atoms with van der Waals surface area (Å²) < 4.78 is 13.2. The van der Waals surface area contributed by atoms with E-state index in [4.69, 9.17) is 0 Å². The van der Waals surface area contributed by atoms with Crippen molar-refractivity contribution in [2.45, 2.75) is 30.4 Å². The van der Waals surface area contributed by atoms with E-state index < -0.39 is 16.6 Å². The Bertz CT molecular complexity index is 559. The van der Waals surface area contributed by atoms with Crippen LogP contribution in [0.3, 0.4) is 0 Å². The van der Waals surface area contributed by atoms with Crippen molar-refractivity contribution >= 4 is 23.4 Å². The highest BCUT2D eigenvalue weighted by Crippen LogP contribution is 2.39. The predicted octanol–water partition coefficient (Wildman–Crippen LogP) is 3.14. The highest BCUT2D eigenvalue weighted by molar-refractivity contribution is 8.00. The Morgan fingerprint density at radius 2 is 2.14 bits per heavy atom. The molecule has 2 rings (SSSR count). The number of nitro benzene ring substituents is 1. The molecule has 5 nitrogen and oxygen atoms in total. The Morgan fingerprint density at radius 1 is 1.48 bits per heavy atom. The lowest BCUT2D eigenvalue weighted by Gasteiger charge is -2.26. The minimum absolute atomic E-state index is 0.00222. The second kappa shape index (κ2) is 6.43. The Labute approximate surface area is 126 Å². The van der Waals surface area contributed by atoms with Gasteiger partial charge < -0.3 is 5.32 Å². The van der Waals surface area contributed by atoms with Gasteiger partial charge in [-0.05, 0) is 31.2 Å². The van der Waals surface area contributed by atoms with Gasteiger partial charge in [-0.25, -0.2) is 4.39 Å². The molecule has 1 aromatic rings. The van der Waals surface area contributed by atoms with Crippen molar-refractivity contribution in [2.24, 2.45) is 0 Å². The van der Waals surface area contributed by atoms with Crippen LogP contribution in [0.2, 0.25) is 0 Å². The Hall–Kier alpha value is -1.63. The minimum atomic E-state index is -0.672. The van der Waals surface area contributed by atoms with Gasteiger partial charge in [0.1, 0.15) is 11.4 Å². The van der Waals surface area contributed by atoms with Crippen molar-refractivity contribution in [3.8, 4) is 0 Å². The number of nitro groups is 1. The molecule has 1 aliphatic carbocycles. The molecule has 0 atom stereocenters. The second-order valence-corrected chi connectivity index (χ2v) is 6.47. The maximum Gasteiger partial charge on any atom is 0.282 e. The summed E-state index contributed by atoms with van der Waals surface area (Å²) in [6.45, 7) is 0.445. The van der Waals surface area contributed by atoms with Gasteiger partial charge in [-0.1, -0.05) is 12.8 Å². The highest BCUT2D eigenvalue weighted by Gasteiger charge is 2.33. The smallest absolute Gasteiger partial charge is 0.282 e. The molecule has 1 saturated carbocycles. The molecule has 0 aliphatic heterocycles. The third kappa shape index (κ3) is 3.53. The van der Waals surface area contributed by atoms with Crippen LogP contribution >= 0.6 is 11.8 Å². The molecule has 0 aromatic heterocycles. The van der Waals surface area contributed by atoms with Gasteiger partial charge in [0, 0.05) is 17.4 Å². The van der Waals surface area contributed by atoms with Crippen LogP contribution in [0.4, 0.5) is 10.1 Å². The van der Waals surface area contributed by atoms with Crippen LogP contribution in [0.15, 0.2) is 18.2 Å². The monoisotopic (exact) mass is 312 g/mol. The Balaban J connectivity index is 2.13. The molecule has 0 spiro atoms. The van der Waals surface area contributed by atoms with E-state index in [0.29, 0.717) is 6.54 Å². The van der Waals surface area contributed by atoms with Gasteiger partial charge in [-0.3, -0.25) is 14.9 Å². The topological polar surface area (TPSA) is 72.2 Å². The lowest BCUT2D eigenvalue weighted by Crippen LogP contribution is -2.38. The predicted molar refractivity (Wildman–Crippen MR) is 80.1 cm³/mol. The summed E-state index contributed by atoms with van der Waals surface area (Å²) in [4.78, 5) is 22.4. The fourth-order valence-electron chi connectivity index (χ4n) is 2.66. The average molecular weight is 312 g/mol. The quantitative estimate of drug-likeness (QED) is 0.669. The third-order valence-corrected chi connectivity index (χ3v) is 5.34. The fourth-order valence-corrected chi connectivity index (χ4v) is 3.57. The van der Waals surface area contributed by atoms with E-state index in [-0.39, 0.29) is 16.0 Å². The molecule has 0 bridgehead atoms. The van der Waals surface area contributed by atoms with Gasteiger partial charge in [0.25, 0.3) is 11.6 Å². The van der Waals surface area contributed by atoms with E-state index in [1.165, 1.54) is 0 Å². The summed E-state index contributed by atoms with van der Waals surface area (Å²) >= 11 is 1.71. The first-order chi connectivity index (χ1) is 9.97. The molecule has 0 heterocycles. The highest BCUT2D eigenvalue weighted by atomic mass is 32.2. The Kier molecular flexibility index (Phi) is 4.82. The summed E-state index contributed by atoms with van der Waals surface area (Å²) in [5, 5.41) is 13.6. The van der Waals surface area contributed by atoms with Crippen molar-refractivity contribution in [1.82, 2.24) is 5.32 Å². The van der Waals surface area contributed by atoms with Crippen LogP contribution in [0.25, 0.3) is 0 Å². The van der Waals surface area contributed by atoms with Gasteiger partial charge >= 0.3 is 0 Å². The first kappa shape index (κ1) is 15.8. The molecule has 1 amide bonds. The van der Waals surface area contributed by atoms with Crippen LogP contribution in [-0.2, 0) is 0 Å². The second-order valence-electron chi connectivity index (χ2n) is 5.20. The van der Waals surface area contributed by atoms with E-state index in [1.807, 2.05) is 6.26 Å². The molecule has 1 fully saturated rings. The standard InChI is InChI=1S/C14H17FN2O3S/c1-21-14(6-2-3-7-14)9-16-13(18)11-8-10(15)4-5-12(11)17(19)20/h4-5,8H,2-3,6-7,9H2,1H3,(H,16,18). The number of amides is 1. The van der Waals surface area contributed by atoms with E-state index >= 15 is 0 Å². The zero-order valence-electron chi connectivity index (χ0n) is 11.7. The van der Waals surface area contributed by atoms with Gasteiger partial charge in [-0.2, -0.15) is 11.8 Å². The number of carbonyl (C=O) groups excluding carboxylic acids is 1. The van der Waals surface area contributed by atoms with E-state index in [2.05, 4.69) is 5.32 Å². The minimum Gasteiger partial charge on any atom is -0.350 e. The molecule has 0 radical (unpaired) electrons. The summed E-state index contributed by atoms with van der Waals surface area (Å²) in [6, 6.07) is 2.91. The number of nitrogens with one attached hydrogen (secondary N) is 1. The van der Waals surface area contributed by atoms with Gasteiger partial charge in [-0.15, -0.1) is 0 Å². The number of carbonyl (C=O) groups is 1. The van der Waals surface area contributed by atoms with Crippen molar-refractivity contribution in [2.75, 3.05) is 12.8 Å². The van der Waals surface area contributed by atoms with Crippen LogP contribution in [-0.4, -0.2) is 28.4 Å². The number of hydrogen-bond acceptors (Lipinski definition) is 4. The maximum absolute atomic E-state index is 13.2. The van der Waals surface area contributed by atoms with Crippen molar-refractivity contribution in [3.05, 3.63) is 39.7 Å². The van der Waals surface area contributed by atoms with Crippen LogP contribution < -0.4 is 5.32 Å². The lowest BCUT2D eigenvalue weighted by atomic mass is 10.1. The SMILES string of the molecule is CSC1(CNC(=O)c2cc(F)ccc2[N+](=O)[O-])CCCC1. The van der Waals surface area contributed by atoms with Crippen LogP contribution in [0.5, 0.6) is 0 Å². The lowest BCUT2D eigenvalue weighted by molar-refractivity contribution is -0.385. The molecule has 0 saturated heterocycles. The van der Waals surface area contributed by atoms with Crippen LogP contribution in [0.1, 0.15) is 36.0 Å². The molecule has 0 unspecified atom stereocenters. The molecule has 1 aromatic carbocycles. The largest absolute Gasteiger partial charge is 0.350 e. The Morgan fingerprint density at radius 3 is 2.71 bits per heavy atom. The molecule has 21 heavy (non-hydrogen) atoms. The number of thioether (sulfide) groups is 1. The first-order valence-electron chi connectivity index (χ1n) is 6.75. The molecule has 1 N–H and O–H groups in total. The van der Waals surface area contributed by atoms with E-state index in [9.17, 15) is 19.3 Å². The third-order valence-electron chi connectivity index (χ3n) is 3.92. The van der Waals surface area contributed by atoms with E-state index in [0.717, 1.165) is 43.9 Å². The molecular formula is C14H17FN2O3S. The number of rotatable bonds is 5. The van der Waals surface area contributed by atoms with Gasteiger partial charge in [0.15, 0.2) is 0 Å². The molecule has 114 valence electrons. The first-order valence-corrected chi connectivity index (χ1v) is 7.97. The normalized spacial score (nSPS) is 16.7. The fraction of sp³-hybridized carbons (Fsp3) is 0.500. The number of nitrogens with zero attached hydrogens (tertiary/aromatic N) is 1. The molecular weight excluding hydrogens is 295 g/mol. The zero-order chi connectivity index (χ0) is 15.5. The summed E-state index contributed by atoms with van der Waals surface area (Å²) in [5.74, 6) is -1.26. The number of benzene rings is 1. The van der Waals surface area contributed by atoms with Gasteiger partial charge in [0.05, 0.1) is 4.92 Å². The number of hydrogen-bond donors (Lipinski definition) is 1. The van der Waals surface area contributed by atoms with Crippen LogP contribution in [0, 0.1) is 15.9 Å². The van der Waals surface area contributed by atoms with Crippen molar-refractivity contribution in [3.63, 3.8) is 0 Å². The summed E-state index contributed by atoms with van der Waals surface area (Å²) in [5.41, 5.74) is -0.604. The zero-order valence-corrected chi connectivity index (χ0v) is 12.5. The number of halogens is 1. The summed E-state index contributed by atoms with van der Waals surface area (Å²) in [7, 11) is 0.